The maximum absolute atomic E-state index is 14.1. The molecule has 0 atom stereocenters. The van der Waals surface area contributed by atoms with Gasteiger partial charge in [-0.1, -0.05) is 24.3 Å². The van der Waals surface area contributed by atoms with Crippen LogP contribution in [-0.2, 0) is 27.0 Å². The van der Waals surface area contributed by atoms with E-state index in [9.17, 15) is 22.8 Å². The number of ether oxygens (including phenoxy) is 2. The molecule has 0 bridgehead atoms. The maximum Gasteiger partial charge on any atom is 0.420 e. The van der Waals surface area contributed by atoms with E-state index >= 15 is 0 Å². The fourth-order valence-corrected chi connectivity index (χ4v) is 4.78. The average Bonchev–Trinajstić information content (AvgIpc) is 3.16. The number of hydrogen-bond acceptors (Lipinski definition) is 4. The Bertz CT molecular complexity index is 983. The van der Waals surface area contributed by atoms with E-state index in [1.165, 1.54) is 12.1 Å². The number of fused-ring (bicyclic) bond motifs is 1. The first kappa shape index (κ1) is 22.4. The third-order valence-corrected chi connectivity index (χ3v) is 6.42. The minimum Gasteiger partial charge on any atom is -0.490 e. The number of benzene rings is 2. The van der Waals surface area contributed by atoms with Gasteiger partial charge in [-0.3, -0.25) is 9.59 Å². The fourth-order valence-electron chi connectivity index (χ4n) is 4.78. The van der Waals surface area contributed by atoms with Crippen molar-refractivity contribution in [1.82, 2.24) is 4.90 Å². The lowest BCUT2D eigenvalue weighted by molar-refractivity contribution is -0.138. The molecule has 5 nitrogen and oxygen atoms in total. The van der Waals surface area contributed by atoms with Gasteiger partial charge in [0.2, 0.25) is 5.91 Å². The third-order valence-electron chi connectivity index (χ3n) is 6.42. The lowest BCUT2D eigenvalue weighted by atomic mass is 9.88. The summed E-state index contributed by atoms with van der Waals surface area (Å²) >= 11 is 0. The monoisotopic (exact) mass is 449 g/mol. The molecule has 0 N–H and O–H groups in total. The SMILES string of the molecule is O=COCC1CCC(Oc2ccc3c(CN4CCCC4=O)cccc3c2C(F)(F)F)CC1. The molecule has 8 heteroatoms. The van der Waals surface area contributed by atoms with Gasteiger partial charge in [-0.2, -0.15) is 13.2 Å². The Morgan fingerprint density at radius 1 is 1.06 bits per heavy atom. The minimum atomic E-state index is -4.58. The number of alkyl halides is 3. The summed E-state index contributed by atoms with van der Waals surface area (Å²) in [6.07, 6.45) is -0.932. The van der Waals surface area contributed by atoms with E-state index in [1.54, 1.807) is 23.1 Å². The highest BCUT2D eigenvalue weighted by molar-refractivity contribution is 5.91. The molecular weight excluding hydrogens is 423 g/mol. The number of carbonyl (C=O) groups is 2. The Hall–Kier alpha value is -2.77. The second-order valence-corrected chi connectivity index (χ2v) is 8.56. The molecule has 32 heavy (non-hydrogen) atoms. The van der Waals surface area contributed by atoms with Crippen LogP contribution in [0.3, 0.4) is 0 Å². The van der Waals surface area contributed by atoms with Crippen LogP contribution in [0.4, 0.5) is 13.2 Å². The van der Waals surface area contributed by atoms with E-state index in [-0.39, 0.29) is 29.1 Å². The third kappa shape index (κ3) is 4.84. The second kappa shape index (κ2) is 9.38. The Morgan fingerprint density at radius 2 is 1.84 bits per heavy atom. The Morgan fingerprint density at radius 3 is 2.50 bits per heavy atom. The number of halogens is 3. The molecule has 1 saturated heterocycles. The van der Waals surface area contributed by atoms with Crippen molar-refractivity contribution in [1.29, 1.82) is 0 Å². The summed E-state index contributed by atoms with van der Waals surface area (Å²) < 4.78 is 53.1. The highest BCUT2D eigenvalue weighted by Crippen LogP contribution is 2.43. The van der Waals surface area contributed by atoms with Gasteiger partial charge in [0.05, 0.1) is 12.7 Å². The summed E-state index contributed by atoms with van der Waals surface area (Å²) in [6, 6.07) is 7.92. The summed E-state index contributed by atoms with van der Waals surface area (Å²) in [5.74, 6) is 0.0914. The molecule has 2 fully saturated rings. The van der Waals surface area contributed by atoms with Crippen LogP contribution < -0.4 is 4.74 Å². The molecule has 4 rings (SSSR count). The zero-order chi connectivity index (χ0) is 22.7. The highest BCUT2D eigenvalue weighted by atomic mass is 19.4. The van der Waals surface area contributed by atoms with Crippen LogP contribution in [0.2, 0.25) is 0 Å². The molecule has 0 spiro atoms. The van der Waals surface area contributed by atoms with Gasteiger partial charge in [0.1, 0.15) is 11.3 Å². The number of rotatable bonds is 7. The van der Waals surface area contributed by atoms with Gasteiger partial charge in [-0.05, 0) is 60.4 Å². The van der Waals surface area contributed by atoms with Gasteiger partial charge in [0, 0.05) is 19.5 Å². The molecule has 1 amide bonds. The minimum absolute atomic E-state index is 0.0344. The molecule has 1 aliphatic heterocycles. The van der Waals surface area contributed by atoms with Crippen molar-refractivity contribution in [3.05, 3.63) is 41.5 Å². The first-order valence-corrected chi connectivity index (χ1v) is 11.0. The van der Waals surface area contributed by atoms with Gasteiger partial charge in [0.15, 0.2) is 0 Å². The van der Waals surface area contributed by atoms with Crippen molar-refractivity contribution in [3.8, 4) is 5.75 Å². The van der Waals surface area contributed by atoms with Crippen molar-refractivity contribution in [2.24, 2.45) is 5.92 Å². The van der Waals surface area contributed by atoms with Gasteiger partial charge < -0.3 is 14.4 Å². The van der Waals surface area contributed by atoms with Crippen LogP contribution in [0.1, 0.15) is 49.7 Å². The van der Waals surface area contributed by atoms with Crippen LogP contribution in [-0.4, -0.2) is 36.5 Å². The van der Waals surface area contributed by atoms with Crippen molar-refractivity contribution >= 4 is 23.2 Å². The van der Waals surface area contributed by atoms with E-state index in [2.05, 4.69) is 0 Å². The van der Waals surface area contributed by atoms with Crippen molar-refractivity contribution in [2.75, 3.05) is 13.2 Å². The Balaban J connectivity index is 1.59. The molecule has 2 aromatic rings. The van der Waals surface area contributed by atoms with E-state index in [0.29, 0.717) is 56.4 Å². The van der Waals surface area contributed by atoms with Crippen LogP contribution in [0.15, 0.2) is 30.3 Å². The Labute approximate surface area is 184 Å². The van der Waals surface area contributed by atoms with E-state index < -0.39 is 11.7 Å². The van der Waals surface area contributed by atoms with Crippen LogP contribution >= 0.6 is 0 Å². The van der Waals surface area contributed by atoms with Crippen molar-refractivity contribution < 1.29 is 32.2 Å². The predicted octanol–water partition coefficient (Wildman–Crippen LogP) is 5.09. The van der Waals surface area contributed by atoms with E-state index in [4.69, 9.17) is 9.47 Å². The molecular formula is C24H26F3NO4. The highest BCUT2D eigenvalue weighted by Gasteiger charge is 2.38. The molecule has 172 valence electrons. The fraction of sp³-hybridized carbons (Fsp3) is 0.500. The first-order valence-electron chi connectivity index (χ1n) is 11.0. The number of carbonyl (C=O) groups excluding carboxylic acids is 2. The first-order chi connectivity index (χ1) is 15.4. The normalized spacial score (nSPS) is 21.7. The van der Waals surface area contributed by atoms with Crippen molar-refractivity contribution in [2.45, 2.75) is 57.3 Å². The zero-order valence-electron chi connectivity index (χ0n) is 17.7. The standard InChI is InChI=1S/C24H26F3NO4/c25-24(26,27)23-20-4-1-3-17(13-28-12-2-5-22(28)30)19(20)10-11-21(23)32-18-8-6-16(7-9-18)14-31-15-29/h1,3-4,10-11,15-16,18H,2,5-9,12-14H2. The molecule has 1 heterocycles. The zero-order valence-corrected chi connectivity index (χ0v) is 17.7. The van der Waals surface area contributed by atoms with Crippen LogP contribution in [0.5, 0.6) is 5.75 Å². The topological polar surface area (TPSA) is 55.8 Å². The van der Waals surface area contributed by atoms with Gasteiger partial charge >= 0.3 is 6.18 Å². The number of nitrogens with zero attached hydrogens (tertiary/aromatic N) is 1. The lowest BCUT2D eigenvalue weighted by Gasteiger charge is -2.29. The number of amides is 1. The summed E-state index contributed by atoms with van der Waals surface area (Å²) in [7, 11) is 0. The Kier molecular flexibility index (Phi) is 6.58. The number of likely N-dealkylation sites (tertiary alicyclic amines) is 1. The molecule has 0 aromatic heterocycles. The van der Waals surface area contributed by atoms with Crippen molar-refractivity contribution in [3.63, 3.8) is 0 Å². The predicted molar refractivity (Wildman–Crippen MR) is 112 cm³/mol. The maximum atomic E-state index is 14.1. The molecule has 1 saturated carbocycles. The lowest BCUT2D eigenvalue weighted by Crippen LogP contribution is -2.27. The largest absolute Gasteiger partial charge is 0.490 e. The molecule has 2 aliphatic rings. The summed E-state index contributed by atoms with van der Waals surface area (Å²) in [5, 5.41) is 0.578. The van der Waals surface area contributed by atoms with E-state index in [0.717, 1.165) is 19.3 Å². The summed E-state index contributed by atoms with van der Waals surface area (Å²) in [4.78, 5) is 24.0. The average molecular weight is 449 g/mol. The smallest absolute Gasteiger partial charge is 0.420 e. The van der Waals surface area contributed by atoms with Gasteiger partial charge in [-0.25, -0.2) is 0 Å². The van der Waals surface area contributed by atoms with Gasteiger partial charge in [0.25, 0.3) is 6.47 Å². The number of hydrogen-bond donors (Lipinski definition) is 0. The van der Waals surface area contributed by atoms with Gasteiger partial charge in [-0.15, -0.1) is 0 Å². The quantitative estimate of drug-likeness (QED) is 0.553. The summed E-state index contributed by atoms with van der Waals surface area (Å²) in [6.45, 7) is 1.69. The summed E-state index contributed by atoms with van der Waals surface area (Å²) in [5.41, 5.74) is -0.0681. The second-order valence-electron chi connectivity index (χ2n) is 8.56. The molecule has 0 unspecified atom stereocenters. The van der Waals surface area contributed by atoms with Crippen LogP contribution in [0, 0.1) is 5.92 Å². The molecule has 2 aromatic carbocycles. The van der Waals surface area contributed by atoms with Crippen LogP contribution in [0.25, 0.3) is 10.8 Å². The molecule has 0 radical (unpaired) electrons. The van der Waals surface area contributed by atoms with E-state index in [1.807, 2.05) is 0 Å². The molecule has 1 aliphatic carbocycles.